The molecule has 3 aromatic rings. The number of aromatic amines is 1. The number of nitrogens with zero attached hydrogens (tertiary/aromatic N) is 2. The van der Waals surface area contributed by atoms with Crippen molar-refractivity contribution >= 4 is 46.5 Å². The number of benzene rings is 2. The number of rotatable bonds is 9. The van der Waals surface area contributed by atoms with E-state index in [0.29, 0.717) is 38.0 Å². The lowest BCUT2D eigenvalue weighted by Crippen LogP contribution is -2.60. The summed E-state index contributed by atoms with van der Waals surface area (Å²) < 4.78 is 0. The molecule has 4 rings (SSSR count). The van der Waals surface area contributed by atoms with Crippen LogP contribution in [0.25, 0.3) is 10.9 Å². The van der Waals surface area contributed by atoms with Crippen molar-refractivity contribution in [1.29, 1.82) is 0 Å². The second kappa shape index (κ2) is 21.1. The summed E-state index contributed by atoms with van der Waals surface area (Å²) >= 11 is 0. The summed E-state index contributed by atoms with van der Waals surface area (Å²) in [5.41, 5.74) is 16.2. The second-order valence-corrected chi connectivity index (χ2v) is 13.7. The molecule has 0 unspecified atom stereocenters. The Hall–Kier alpha value is -6.18. The van der Waals surface area contributed by atoms with Gasteiger partial charge in [-0.2, -0.15) is 0 Å². The fourth-order valence-electron chi connectivity index (χ4n) is 6.05. The molecule has 0 aliphatic carbocycles. The van der Waals surface area contributed by atoms with Crippen molar-refractivity contribution in [3.63, 3.8) is 0 Å². The van der Waals surface area contributed by atoms with Crippen LogP contribution in [0.3, 0.4) is 0 Å². The van der Waals surface area contributed by atoms with Gasteiger partial charge in [0.2, 0.25) is 23.6 Å². The molecule has 0 saturated heterocycles. The molecule has 0 spiro atoms. The van der Waals surface area contributed by atoms with E-state index in [0.717, 1.165) is 21.5 Å². The minimum absolute atomic E-state index is 0.0148. The zero-order chi connectivity index (χ0) is 40.6. The van der Waals surface area contributed by atoms with E-state index >= 15 is 0 Å². The van der Waals surface area contributed by atoms with E-state index in [-0.39, 0.29) is 25.8 Å². The number of nitrogens with two attached hydrogens (primary N) is 2. The van der Waals surface area contributed by atoms with Crippen LogP contribution in [0.4, 0.5) is 4.79 Å². The van der Waals surface area contributed by atoms with E-state index in [1.807, 2.05) is 47.4 Å². The third-order valence-corrected chi connectivity index (χ3v) is 9.21. The molecule has 0 radical (unpaired) electrons. The fraction of sp³-hybridized carbons (Fsp3) is 0.400. The first-order valence-corrected chi connectivity index (χ1v) is 18.6. The van der Waals surface area contributed by atoms with Crippen molar-refractivity contribution in [1.82, 2.24) is 41.6 Å². The molecule has 298 valence electrons. The number of primary amides is 1. The molecule has 16 nitrogen and oxygen atoms in total. The number of hydrazine groups is 1. The third-order valence-electron chi connectivity index (χ3n) is 9.21. The molecule has 1 aromatic heterocycles. The van der Waals surface area contributed by atoms with Gasteiger partial charge in [0.25, 0.3) is 5.91 Å². The molecule has 56 heavy (non-hydrogen) atoms. The molecule has 0 fully saturated rings. The molecule has 1 aliphatic heterocycles. The van der Waals surface area contributed by atoms with E-state index in [1.165, 1.54) is 13.8 Å². The summed E-state index contributed by atoms with van der Waals surface area (Å²) in [5, 5.41) is 12.6. The van der Waals surface area contributed by atoms with E-state index in [4.69, 9.17) is 11.5 Å². The minimum Gasteiger partial charge on any atom is -0.368 e. The van der Waals surface area contributed by atoms with Gasteiger partial charge in [0.1, 0.15) is 30.7 Å². The molecule has 0 saturated carbocycles. The van der Waals surface area contributed by atoms with Crippen molar-refractivity contribution in [2.75, 3.05) is 26.2 Å². The van der Waals surface area contributed by atoms with Gasteiger partial charge < -0.3 is 37.7 Å². The summed E-state index contributed by atoms with van der Waals surface area (Å²) in [6, 6.07) is 10.1. The number of fused-ring (bicyclic) bond motifs is 1. The lowest BCUT2D eigenvalue weighted by Gasteiger charge is -2.27. The molecule has 2 heterocycles. The molecule has 0 bridgehead atoms. The Bertz CT molecular complexity index is 1920. The zero-order valence-corrected chi connectivity index (χ0v) is 31.8. The molecule has 16 heteroatoms. The smallest absolute Gasteiger partial charge is 0.337 e. The van der Waals surface area contributed by atoms with Crippen molar-refractivity contribution in [2.24, 2.45) is 11.5 Å². The van der Waals surface area contributed by atoms with Crippen LogP contribution in [-0.2, 0) is 36.8 Å². The topological polar surface area (TPSA) is 237 Å². The lowest BCUT2D eigenvalue weighted by atomic mass is 10.0. The number of carbonyl (C=O) groups is 6. The van der Waals surface area contributed by atoms with Gasteiger partial charge in [-0.1, -0.05) is 66.4 Å². The number of para-hydroxylation sites is 1. The number of aromatic nitrogens is 1. The molecule has 5 atom stereocenters. The lowest BCUT2D eigenvalue weighted by molar-refractivity contribution is -0.133. The number of H-pyrrole nitrogens is 1. The summed E-state index contributed by atoms with van der Waals surface area (Å²) in [5.74, 6) is 2.50. The SMILES string of the molecule is C=CCN1CC#CCN(NC(=O)[C@H](C)N)C(=O)N[C@@H](C)C(=O)N[C@@H](Cc2c[nH]c3ccccc23)C(=O)N[C@H](Cc2ccccc2)C(=O)N[C@H](C(N)=O)CCCC1. The normalized spacial score (nSPS) is 21.7. The Morgan fingerprint density at radius 3 is 2.29 bits per heavy atom. The number of nitrogens with one attached hydrogen (secondary N) is 6. The summed E-state index contributed by atoms with van der Waals surface area (Å²) in [4.78, 5) is 85.6. The second-order valence-electron chi connectivity index (χ2n) is 13.7. The third kappa shape index (κ3) is 12.7. The Morgan fingerprint density at radius 2 is 1.57 bits per heavy atom. The van der Waals surface area contributed by atoms with Crippen LogP contribution in [0.5, 0.6) is 0 Å². The van der Waals surface area contributed by atoms with Crippen molar-refractivity contribution in [2.45, 2.75) is 76.2 Å². The number of carbonyl (C=O) groups excluding carboxylic acids is 6. The highest BCUT2D eigenvalue weighted by Crippen LogP contribution is 2.19. The predicted molar refractivity (Wildman–Crippen MR) is 212 cm³/mol. The van der Waals surface area contributed by atoms with Gasteiger partial charge in [-0.3, -0.25) is 34.3 Å². The van der Waals surface area contributed by atoms with E-state index in [9.17, 15) is 28.8 Å². The van der Waals surface area contributed by atoms with Crippen LogP contribution >= 0.6 is 0 Å². The van der Waals surface area contributed by atoms with Crippen molar-refractivity contribution in [3.05, 3.63) is 84.6 Å². The highest BCUT2D eigenvalue weighted by atomic mass is 16.2. The number of hydrogen-bond donors (Lipinski definition) is 8. The monoisotopic (exact) mass is 768 g/mol. The highest BCUT2D eigenvalue weighted by molar-refractivity contribution is 5.96. The molecular formula is C40H52N10O6. The van der Waals surface area contributed by atoms with Crippen LogP contribution in [-0.4, -0.2) is 107 Å². The quantitative estimate of drug-likeness (QED) is 0.111. The maximum absolute atomic E-state index is 14.2. The Labute approximate surface area is 326 Å². The van der Waals surface area contributed by atoms with Crippen LogP contribution < -0.4 is 38.2 Å². The largest absolute Gasteiger partial charge is 0.368 e. The van der Waals surface area contributed by atoms with Crippen LogP contribution in [0.1, 0.15) is 44.2 Å². The molecule has 10 N–H and O–H groups in total. The van der Waals surface area contributed by atoms with Crippen molar-refractivity contribution in [3.8, 4) is 11.8 Å². The molecule has 1 aliphatic rings. The van der Waals surface area contributed by atoms with Gasteiger partial charge in [0.15, 0.2) is 0 Å². The van der Waals surface area contributed by atoms with Gasteiger partial charge in [0.05, 0.1) is 12.6 Å². The van der Waals surface area contributed by atoms with E-state index in [2.05, 4.69) is 50.1 Å². The standard InChI is InChI=1S/C40H52N10O6/c1-4-19-49-20-11-10-18-32(35(42)51)45-38(54)33(23-28-14-6-5-7-15-28)47-39(55)34(24-29-25-43-31-17-9-8-16-30(29)31)46-37(53)27(3)44-40(56)50(22-13-12-21-49)48-36(52)26(2)41/h4-9,14-17,25-27,32-34,43H,1,10-11,18-24,41H2,2-3H3,(H2,42,51)(H,44,56)(H,45,54)(H,46,53)(H,47,55)(H,48,52)/t26-,27-,32-,33+,34-/m0/s1. The van der Waals surface area contributed by atoms with Crippen molar-refractivity contribution < 1.29 is 28.8 Å². The Kier molecular flexibility index (Phi) is 16.0. The fourth-order valence-corrected chi connectivity index (χ4v) is 6.05. The summed E-state index contributed by atoms with van der Waals surface area (Å²) in [7, 11) is 0. The van der Waals surface area contributed by atoms with Crippen LogP contribution in [0, 0.1) is 11.8 Å². The van der Waals surface area contributed by atoms with Gasteiger partial charge >= 0.3 is 6.03 Å². The summed E-state index contributed by atoms with van der Waals surface area (Å²) in [6.45, 7) is 7.84. The first kappa shape index (κ1) is 42.6. The molecular weight excluding hydrogens is 717 g/mol. The van der Waals surface area contributed by atoms with Gasteiger partial charge in [-0.15, -0.1) is 6.58 Å². The van der Waals surface area contributed by atoms with E-state index in [1.54, 1.807) is 24.4 Å². The van der Waals surface area contributed by atoms with E-state index < -0.39 is 65.8 Å². The van der Waals surface area contributed by atoms with Gasteiger partial charge in [-0.05, 0) is 56.8 Å². The first-order valence-electron chi connectivity index (χ1n) is 18.6. The average Bonchev–Trinajstić information content (AvgIpc) is 3.58. The summed E-state index contributed by atoms with van der Waals surface area (Å²) in [6.07, 6.45) is 4.95. The number of urea groups is 1. The average molecular weight is 769 g/mol. The first-order chi connectivity index (χ1) is 26.9. The maximum atomic E-state index is 14.2. The maximum Gasteiger partial charge on any atom is 0.337 e. The molecule has 7 amide bonds. The zero-order valence-electron chi connectivity index (χ0n) is 31.8. The van der Waals surface area contributed by atoms with Gasteiger partial charge in [-0.25, -0.2) is 9.80 Å². The highest BCUT2D eigenvalue weighted by Gasteiger charge is 2.32. The molecule has 2 aromatic carbocycles. The predicted octanol–water partition coefficient (Wildman–Crippen LogP) is 0.347. The minimum atomic E-state index is -1.23. The van der Waals surface area contributed by atoms with Gasteiger partial charge in [0, 0.05) is 36.5 Å². The van der Waals surface area contributed by atoms with Crippen LogP contribution in [0.2, 0.25) is 0 Å². The Morgan fingerprint density at radius 1 is 0.911 bits per heavy atom. The Balaban J connectivity index is 1.69. The van der Waals surface area contributed by atoms with Crippen LogP contribution in [0.15, 0.2) is 73.4 Å². The number of hydrogen-bond acceptors (Lipinski definition) is 8. The number of amides is 7.